The molecule has 1 heterocycles. The van der Waals surface area contributed by atoms with E-state index in [1.807, 2.05) is 32.9 Å². The zero-order valence-corrected chi connectivity index (χ0v) is 15.9. The Morgan fingerprint density at radius 1 is 1.20 bits per heavy atom. The predicted molar refractivity (Wildman–Crippen MR) is 103 cm³/mol. The fourth-order valence-electron chi connectivity index (χ4n) is 2.04. The van der Waals surface area contributed by atoms with Crippen molar-refractivity contribution < 1.29 is 9.53 Å². The van der Waals surface area contributed by atoms with E-state index in [2.05, 4.69) is 15.6 Å². The highest BCUT2D eigenvalue weighted by atomic mass is 35.5. The molecule has 0 saturated heterocycles. The van der Waals surface area contributed by atoms with E-state index in [1.54, 1.807) is 24.4 Å². The van der Waals surface area contributed by atoms with Crippen LogP contribution >= 0.6 is 23.2 Å². The summed E-state index contributed by atoms with van der Waals surface area (Å²) in [6.07, 6.45) is 1.81. The number of anilines is 2. The minimum atomic E-state index is -0.540. The molecule has 0 radical (unpaired) electrons. The molecule has 1 aromatic heterocycles. The van der Waals surface area contributed by atoms with E-state index in [-0.39, 0.29) is 0 Å². The molecule has 0 aliphatic rings. The van der Waals surface area contributed by atoms with Gasteiger partial charge in [0.2, 0.25) is 0 Å². The molecule has 0 saturated carbocycles. The van der Waals surface area contributed by atoms with Crippen LogP contribution in [0, 0.1) is 0 Å². The Balaban J connectivity index is 1.83. The zero-order chi connectivity index (χ0) is 18.4. The van der Waals surface area contributed by atoms with E-state index < -0.39 is 11.7 Å². The second kappa shape index (κ2) is 8.41. The van der Waals surface area contributed by atoms with Gasteiger partial charge in [-0.15, -0.1) is 0 Å². The normalized spacial score (nSPS) is 11.1. The van der Waals surface area contributed by atoms with Gasteiger partial charge in [-0.05, 0) is 57.0 Å². The number of rotatable bonds is 5. The zero-order valence-electron chi connectivity index (χ0n) is 14.4. The van der Waals surface area contributed by atoms with Crippen LogP contribution in [0.25, 0.3) is 0 Å². The number of hydrogen-bond acceptors (Lipinski definition) is 4. The van der Waals surface area contributed by atoms with Crippen LogP contribution in [0.3, 0.4) is 0 Å². The molecule has 2 aromatic rings. The maximum absolute atomic E-state index is 11.7. The molecule has 7 heteroatoms. The lowest BCUT2D eigenvalue weighted by molar-refractivity contribution is 0.0636. The van der Waals surface area contributed by atoms with E-state index in [9.17, 15) is 4.79 Å². The summed E-state index contributed by atoms with van der Waals surface area (Å²) in [6.45, 7) is 6.10. The van der Waals surface area contributed by atoms with Crippen LogP contribution in [-0.2, 0) is 11.2 Å². The molecule has 0 bridgehead atoms. The van der Waals surface area contributed by atoms with Crippen molar-refractivity contribution in [1.82, 2.24) is 4.98 Å². The van der Waals surface area contributed by atoms with Crippen LogP contribution in [0.5, 0.6) is 0 Å². The number of carbonyl (C=O) groups is 1. The summed E-state index contributed by atoms with van der Waals surface area (Å²) in [5.74, 6) is 0.708. The van der Waals surface area contributed by atoms with Crippen molar-refractivity contribution in [1.29, 1.82) is 0 Å². The Bertz CT molecular complexity index is 728. The first-order valence-corrected chi connectivity index (χ1v) is 8.62. The second-order valence-corrected chi connectivity index (χ2v) is 7.32. The van der Waals surface area contributed by atoms with Crippen LogP contribution in [0.4, 0.5) is 16.3 Å². The number of benzene rings is 1. The molecule has 1 amide bonds. The Labute approximate surface area is 157 Å². The molecule has 0 aliphatic heterocycles. The van der Waals surface area contributed by atoms with Crippen LogP contribution in [0.2, 0.25) is 10.0 Å². The van der Waals surface area contributed by atoms with Crippen molar-refractivity contribution >= 4 is 40.8 Å². The summed E-state index contributed by atoms with van der Waals surface area (Å²) in [7, 11) is 0. The number of hydrogen-bond donors (Lipinski definition) is 2. The lowest BCUT2D eigenvalue weighted by Gasteiger charge is -2.19. The van der Waals surface area contributed by atoms with Gasteiger partial charge in [-0.2, -0.15) is 0 Å². The fraction of sp³-hybridized carbons (Fsp3) is 0.333. The third kappa shape index (κ3) is 6.80. The Morgan fingerprint density at radius 3 is 2.56 bits per heavy atom. The van der Waals surface area contributed by atoms with Gasteiger partial charge in [-0.1, -0.05) is 29.3 Å². The average molecular weight is 382 g/mol. The van der Waals surface area contributed by atoms with Gasteiger partial charge in [-0.3, -0.25) is 5.32 Å². The molecule has 0 fully saturated rings. The largest absolute Gasteiger partial charge is 0.444 e. The maximum Gasteiger partial charge on any atom is 0.412 e. The summed E-state index contributed by atoms with van der Waals surface area (Å²) in [6, 6.07) is 9.00. The molecule has 2 rings (SSSR count). The van der Waals surface area contributed by atoms with Crippen LogP contribution in [0.15, 0.2) is 36.5 Å². The number of amides is 1. The van der Waals surface area contributed by atoms with Crippen molar-refractivity contribution in [2.24, 2.45) is 0 Å². The lowest BCUT2D eigenvalue weighted by Crippen LogP contribution is -2.27. The summed E-state index contributed by atoms with van der Waals surface area (Å²) in [5.41, 5.74) is 1.05. The predicted octanol–water partition coefficient (Wildman–Crippen LogP) is 5.39. The van der Waals surface area contributed by atoms with E-state index in [0.717, 1.165) is 12.0 Å². The highest BCUT2D eigenvalue weighted by Crippen LogP contribution is 2.21. The first-order valence-electron chi connectivity index (χ1n) is 7.87. The van der Waals surface area contributed by atoms with Crippen molar-refractivity contribution in [3.8, 4) is 0 Å². The highest BCUT2D eigenvalue weighted by molar-refractivity contribution is 6.35. The Morgan fingerprint density at radius 2 is 1.96 bits per heavy atom. The monoisotopic (exact) mass is 381 g/mol. The molecule has 0 spiro atoms. The Hall–Kier alpha value is -1.98. The molecule has 0 aliphatic carbocycles. The van der Waals surface area contributed by atoms with Crippen LogP contribution in [0.1, 0.15) is 26.3 Å². The molecule has 0 unspecified atom stereocenters. The van der Waals surface area contributed by atoms with Gasteiger partial charge < -0.3 is 10.1 Å². The van der Waals surface area contributed by atoms with Gasteiger partial charge in [-0.25, -0.2) is 9.78 Å². The summed E-state index contributed by atoms with van der Waals surface area (Å²) < 4.78 is 5.19. The van der Waals surface area contributed by atoms with E-state index in [0.29, 0.717) is 28.1 Å². The summed E-state index contributed by atoms with van der Waals surface area (Å²) >= 11 is 12.0. The molecule has 2 N–H and O–H groups in total. The van der Waals surface area contributed by atoms with Crippen molar-refractivity contribution in [3.05, 3.63) is 52.1 Å². The topological polar surface area (TPSA) is 63.2 Å². The lowest BCUT2D eigenvalue weighted by atomic mass is 10.1. The second-order valence-electron chi connectivity index (χ2n) is 6.47. The van der Waals surface area contributed by atoms with Crippen molar-refractivity contribution in [3.63, 3.8) is 0 Å². The average Bonchev–Trinajstić information content (AvgIpc) is 2.49. The van der Waals surface area contributed by atoms with Crippen molar-refractivity contribution in [2.45, 2.75) is 32.8 Å². The van der Waals surface area contributed by atoms with Gasteiger partial charge in [0.25, 0.3) is 0 Å². The van der Waals surface area contributed by atoms with Gasteiger partial charge in [0.1, 0.15) is 11.4 Å². The van der Waals surface area contributed by atoms with E-state index in [4.69, 9.17) is 27.9 Å². The third-order valence-corrected chi connectivity index (χ3v) is 3.71. The molecular weight excluding hydrogens is 361 g/mol. The summed E-state index contributed by atoms with van der Waals surface area (Å²) in [5, 5.41) is 7.12. The first-order chi connectivity index (χ1) is 11.7. The van der Waals surface area contributed by atoms with Crippen LogP contribution in [-0.4, -0.2) is 23.2 Å². The number of nitrogens with zero attached hydrogens (tertiary/aromatic N) is 1. The molecule has 5 nitrogen and oxygen atoms in total. The van der Waals surface area contributed by atoms with Crippen LogP contribution < -0.4 is 10.6 Å². The molecule has 0 atom stereocenters. The Kier molecular flexibility index (Phi) is 6.51. The number of aromatic nitrogens is 1. The maximum atomic E-state index is 11.7. The molecule has 134 valence electrons. The number of pyridine rings is 1. The van der Waals surface area contributed by atoms with Gasteiger partial charge >= 0.3 is 6.09 Å². The molecule has 1 aromatic carbocycles. The number of nitrogens with one attached hydrogen (secondary N) is 2. The van der Waals surface area contributed by atoms with Gasteiger partial charge in [0.15, 0.2) is 0 Å². The molecule has 25 heavy (non-hydrogen) atoms. The van der Waals surface area contributed by atoms with Gasteiger partial charge in [0.05, 0.1) is 11.9 Å². The number of halogens is 2. The summed E-state index contributed by atoms with van der Waals surface area (Å²) in [4.78, 5) is 16.0. The SMILES string of the molecule is CC(C)(C)OC(=O)Nc1ccc(NCCc2ccc(Cl)cc2Cl)nc1. The minimum absolute atomic E-state index is 0.507. The fourth-order valence-corrected chi connectivity index (χ4v) is 2.55. The number of carbonyl (C=O) groups excluding carboxylic acids is 1. The third-order valence-electron chi connectivity index (χ3n) is 3.12. The smallest absolute Gasteiger partial charge is 0.412 e. The van der Waals surface area contributed by atoms with Gasteiger partial charge in [0, 0.05) is 16.6 Å². The number of ether oxygens (including phenoxy) is 1. The minimum Gasteiger partial charge on any atom is -0.444 e. The van der Waals surface area contributed by atoms with Crippen molar-refractivity contribution in [2.75, 3.05) is 17.2 Å². The van der Waals surface area contributed by atoms with E-state index in [1.165, 1.54) is 0 Å². The highest BCUT2D eigenvalue weighted by Gasteiger charge is 2.16. The quantitative estimate of drug-likeness (QED) is 0.728. The standard InChI is InChI=1S/C18H21Cl2N3O2/c1-18(2,3)25-17(24)23-14-6-7-16(22-11-14)21-9-8-12-4-5-13(19)10-15(12)20/h4-7,10-11H,8-9H2,1-3H3,(H,21,22)(H,23,24). The first kappa shape index (κ1) is 19.3. The van der Waals surface area contributed by atoms with E-state index >= 15 is 0 Å². The molecular formula is C18H21Cl2N3O2.